The Morgan fingerprint density at radius 1 is 1.40 bits per heavy atom. The topological polar surface area (TPSA) is 97.0 Å². The third kappa shape index (κ3) is 2.31. The zero-order valence-corrected chi connectivity index (χ0v) is 11.0. The summed E-state index contributed by atoms with van der Waals surface area (Å²) in [5, 5.41) is 16.4. The quantitative estimate of drug-likeness (QED) is 0.871. The predicted molar refractivity (Wildman–Crippen MR) is 69.6 cm³/mol. The number of aromatic carboxylic acids is 1. The fourth-order valence-corrected chi connectivity index (χ4v) is 2.24. The molecule has 1 N–H and O–H groups in total. The zero-order valence-electron chi connectivity index (χ0n) is 11.0. The molecule has 20 heavy (non-hydrogen) atoms. The second kappa shape index (κ2) is 4.87. The first-order valence-electron chi connectivity index (χ1n) is 6.32. The number of hydrogen-bond donors (Lipinski definition) is 1. The molecular weight excluding hydrogens is 260 g/mol. The Morgan fingerprint density at radius 3 is 2.80 bits per heavy atom. The van der Waals surface area contributed by atoms with Gasteiger partial charge in [0.25, 0.3) is 0 Å². The zero-order chi connectivity index (χ0) is 14.1. The van der Waals surface area contributed by atoms with Crippen molar-refractivity contribution in [3.63, 3.8) is 0 Å². The summed E-state index contributed by atoms with van der Waals surface area (Å²) in [5.74, 6) is -0.371. The van der Waals surface area contributed by atoms with E-state index in [1.807, 2.05) is 6.92 Å². The number of hydrogen-bond acceptors (Lipinski definition) is 6. The Morgan fingerprint density at radius 2 is 2.15 bits per heavy atom. The van der Waals surface area contributed by atoms with E-state index in [1.165, 1.54) is 6.20 Å². The number of rotatable bonds is 3. The smallest absolute Gasteiger partial charge is 0.358 e. The first kappa shape index (κ1) is 12.5. The number of aromatic nitrogens is 5. The number of anilines is 1. The summed E-state index contributed by atoms with van der Waals surface area (Å²) in [7, 11) is 0. The molecule has 1 saturated heterocycles. The van der Waals surface area contributed by atoms with Gasteiger partial charge in [-0.05, 0) is 18.9 Å². The van der Waals surface area contributed by atoms with E-state index < -0.39 is 5.97 Å². The third-order valence-corrected chi connectivity index (χ3v) is 3.32. The molecule has 0 aromatic carbocycles. The average Bonchev–Trinajstić information content (AvgIpc) is 3.08. The van der Waals surface area contributed by atoms with E-state index in [0.29, 0.717) is 12.5 Å². The number of carbonyl (C=O) groups is 1. The van der Waals surface area contributed by atoms with Crippen LogP contribution in [0.25, 0.3) is 0 Å². The number of carboxylic acids is 1. The predicted octanol–water partition coefficient (Wildman–Crippen LogP) is 0.526. The van der Waals surface area contributed by atoms with Crippen LogP contribution in [0.15, 0.2) is 18.6 Å². The molecule has 3 heterocycles. The summed E-state index contributed by atoms with van der Waals surface area (Å²) >= 11 is 0. The van der Waals surface area contributed by atoms with Crippen molar-refractivity contribution in [3.8, 4) is 0 Å². The van der Waals surface area contributed by atoms with Gasteiger partial charge in [-0.2, -0.15) is 0 Å². The van der Waals surface area contributed by atoms with Gasteiger partial charge in [-0.25, -0.2) is 19.4 Å². The number of aryl methyl sites for hydroxylation is 1. The first-order valence-corrected chi connectivity index (χ1v) is 6.32. The molecule has 1 atom stereocenters. The fraction of sp³-hybridized carbons (Fsp3) is 0.417. The van der Waals surface area contributed by atoms with E-state index >= 15 is 0 Å². The van der Waals surface area contributed by atoms with Crippen molar-refractivity contribution in [3.05, 3.63) is 29.8 Å². The van der Waals surface area contributed by atoms with Gasteiger partial charge in [0.15, 0.2) is 5.69 Å². The summed E-state index contributed by atoms with van der Waals surface area (Å²) in [5.41, 5.74) is 0.988. The van der Waals surface area contributed by atoms with Gasteiger partial charge < -0.3 is 10.0 Å². The van der Waals surface area contributed by atoms with Crippen LogP contribution >= 0.6 is 0 Å². The maximum Gasteiger partial charge on any atom is 0.358 e. The van der Waals surface area contributed by atoms with Crippen molar-refractivity contribution >= 4 is 11.9 Å². The maximum atomic E-state index is 10.8. The highest BCUT2D eigenvalue weighted by Crippen LogP contribution is 2.23. The lowest BCUT2D eigenvalue weighted by molar-refractivity contribution is 0.0690. The second-order valence-corrected chi connectivity index (χ2v) is 4.84. The van der Waals surface area contributed by atoms with Gasteiger partial charge >= 0.3 is 5.97 Å². The van der Waals surface area contributed by atoms with Crippen LogP contribution in [0.3, 0.4) is 0 Å². The Bertz CT molecular complexity index is 623. The van der Waals surface area contributed by atoms with Crippen molar-refractivity contribution in [2.45, 2.75) is 19.4 Å². The SMILES string of the molecule is Cc1cnc(N2CCC(n3cc(C(=O)O)nn3)C2)nc1. The van der Waals surface area contributed by atoms with Crippen molar-refractivity contribution in [2.75, 3.05) is 18.0 Å². The Labute approximate surface area is 115 Å². The molecule has 0 radical (unpaired) electrons. The van der Waals surface area contributed by atoms with Gasteiger partial charge in [-0.15, -0.1) is 5.10 Å². The van der Waals surface area contributed by atoms with Crippen LogP contribution in [-0.4, -0.2) is 49.1 Å². The molecule has 0 saturated carbocycles. The number of nitrogens with zero attached hydrogens (tertiary/aromatic N) is 6. The molecule has 2 aromatic rings. The minimum Gasteiger partial charge on any atom is -0.476 e. The Hall–Kier alpha value is -2.51. The lowest BCUT2D eigenvalue weighted by Gasteiger charge is -2.15. The van der Waals surface area contributed by atoms with Crippen LogP contribution in [0, 0.1) is 6.92 Å². The summed E-state index contributed by atoms with van der Waals surface area (Å²) in [6.45, 7) is 3.46. The van der Waals surface area contributed by atoms with Crippen LogP contribution in [0.1, 0.15) is 28.5 Å². The molecule has 0 spiro atoms. The van der Waals surface area contributed by atoms with E-state index in [9.17, 15) is 4.79 Å². The van der Waals surface area contributed by atoms with Crippen LogP contribution in [0.4, 0.5) is 5.95 Å². The highest BCUT2D eigenvalue weighted by Gasteiger charge is 2.27. The molecule has 3 rings (SSSR count). The highest BCUT2D eigenvalue weighted by molar-refractivity contribution is 5.84. The highest BCUT2D eigenvalue weighted by atomic mass is 16.4. The molecule has 0 amide bonds. The fourth-order valence-electron chi connectivity index (χ4n) is 2.24. The molecule has 0 bridgehead atoms. The Balaban J connectivity index is 1.72. The second-order valence-electron chi connectivity index (χ2n) is 4.84. The van der Waals surface area contributed by atoms with Gasteiger partial charge in [0.05, 0.1) is 12.2 Å². The summed E-state index contributed by atoms with van der Waals surface area (Å²) in [4.78, 5) is 21.5. The molecule has 1 aliphatic rings. The van der Waals surface area contributed by atoms with E-state index in [-0.39, 0.29) is 11.7 Å². The minimum absolute atomic E-state index is 0.0324. The van der Waals surface area contributed by atoms with E-state index in [0.717, 1.165) is 18.5 Å². The molecule has 104 valence electrons. The lowest BCUT2D eigenvalue weighted by Crippen LogP contribution is -2.23. The standard InChI is InChI=1S/C12H14N6O2/c1-8-4-13-12(14-5-8)17-3-2-9(6-17)18-7-10(11(19)20)15-16-18/h4-5,7,9H,2-3,6H2,1H3,(H,19,20). The summed E-state index contributed by atoms with van der Waals surface area (Å²) < 4.78 is 1.61. The van der Waals surface area contributed by atoms with Crippen molar-refractivity contribution in [1.82, 2.24) is 25.0 Å². The molecule has 1 fully saturated rings. The molecular formula is C12H14N6O2. The molecule has 8 nitrogen and oxygen atoms in total. The van der Waals surface area contributed by atoms with Crippen molar-refractivity contribution < 1.29 is 9.90 Å². The first-order chi connectivity index (χ1) is 9.63. The van der Waals surface area contributed by atoms with Crippen LogP contribution < -0.4 is 4.90 Å². The summed E-state index contributed by atoms with van der Waals surface area (Å²) in [6.07, 6.45) is 5.90. The maximum absolute atomic E-state index is 10.8. The van der Waals surface area contributed by atoms with Crippen molar-refractivity contribution in [2.24, 2.45) is 0 Å². The van der Waals surface area contributed by atoms with Gasteiger partial charge in [-0.1, -0.05) is 5.21 Å². The number of carboxylic acid groups (broad SMARTS) is 1. The monoisotopic (exact) mass is 274 g/mol. The Kier molecular flexibility index (Phi) is 3.05. The van der Waals surface area contributed by atoms with Gasteiger partial charge in [-0.3, -0.25) is 0 Å². The van der Waals surface area contributed by atoms with Crippen LogP contribution in [0.5, 0.6) is 0 Å². The van der Waals surface area contributed by atoms with E-state index in [1.54, 1.807) is 17.1 Å². The van der Waals surface area contributed by atoms with Gasteiger partial charge in [0, 0.05) is 25.5 Å². The molecule has 0 aliphatic carbocycles. The molecule has 2 aromatic heterocycles. The summed E-state index contributed by atoms with van der Waals surface area (Å²) in [6, 6.07) is 0.0977. The lowest BCUT2D eigenvalue weighted by atomic mass is 10.3. The normalized spacial score (nSPS) is 18.4. The third-order valence-electron chi connectivity index (χ3n) is 3.32. The van der Waals surface area contributed by atoms with E-state index in [4.69, 9.17) is 5.11 Å². The van der Waals surface area contributed by atoms with Gasteiger partial charge in [0.2, 0.25) is 5.95 Å². The molecule has 1 aliphatic heterocycles. The largest absolute Gasteiger partial charge is 0.476 e. The van der Waals surface area contributed by atoms with Crippen LogP contribution in [-0.2, 0) is 0 Å². The average molecular weight is 274 g/mol. The van der Waals surface area contributed by atoms with Gasteiger partial charge in [0.1, 0.15) is 0 Å². The van der Waals surface area contributed by atoms with E-state index in [2.05, 4.69) is 25.2 Å². The molecule has 1 unspecified atom stereocenters. The minimum atomic E-state index is -1.06. The van der Waals surface area contributed by atoms with Crippen LogP contribution in [0.2, 0.25) is 0 Å². The molecule has 8 heteroatoms. The van der Waals surface area contributed by atoms with Crippen molar-refractivity contribution in [1.29, 1.82) is 0 Å².